The zero-order valence-corrected chi connectivity index (χ0v) is 18.1. The van der Waals surface area contributed by atoms with Gasteiger partial charge in [0.2, 0.25) is 0 Å². The van der Waals surface area contributed by atoms with Gasteiger partial charge < -0.3 is 14.9 Å². The topological polar surface area (TPSA) is 49.7 Å². The van der Waals surface area contributed by atoms with Crippen molar-refractivity contribution in [1.29, 1.82) is 0 Å². The smallest absolute Gasteiger partial charge is 0.120 e. The molecule has 4 aromatic rings. The molecule has 0 radical (unpaired) electrons. The van der Waals surface area contributed by atoms with Crippen molar-refractivity contribution in [3.63, 3.8) is 0 Å². The lowest BCUT2D eigenvalue weighted by atomic mass is 9.53. The standard InChI is InChI=1S/C29H24O3/c1-17-13-18(2)15-19(14-17)32-16-29-22-9-5-3-7-20(22)26(21-8-4-6-10-23(21)29)27-24(30)11-12-25(31)28(27)29/h3-15,26,30-31H,16H2,1-2H3. The first-order valence-electron chi connectivity index (χ1n) is 11.0. The van der Waals surface area contributed by atoms with Crippen LogP contribution in [0, 0.1) is 13.8 Å². The SMILES string of the molecule is Cc1cc(C)cc(OCC23c4ccccc4C(c4ccccc42)c2c(O)ccc(O)c23)c1. The van der Waals surface area contributed by atoms with Gasteiger partial charge in [-0.15, -0.1) is 0 Å². The number of hydrogen-bond acceptors (Lipinski definition) is 3. The van der Waals surface area contributed by atoms with Gasteiger partial charge in [-0.25, -0.2) is 0 Å². The highest BCUT2D eigenvalue weighted by molar-refractivity contribution is 5.76. The summed E-state index contributed by atoms with van der Waals surface area (Å²) in [4.78, 5) is 0. The molecule has 0 unspecified atom stereocenters. The lowest BCUT2D eigenvalue weighted by Gasteiger charge is -2.50. The van der Waals surface area contributed by atoms with Gasteiger partial charge in [0.05, 0.1) is 5.41 Å². The van der Waals surface area contributed by atoms with E-state index in [9.17, 15) is 10.2 Å². The van der Waals surface area contributed by atoms with E-state index in [4.69, 9.17) is 4.74 Å². The molecule has 158 valence electrons. The molecule has 0 amide bonds. The van der Waals surface area contributed by atoms with E-state index in [1.807, 2.05) is 36.4 Å². The quantitative estimate of drug-likeness (QED) is 0.404. The number of phenolic OH excluding ortho intramolecular Hbond substituents is 2. The Kier molecular flexibility index (Phi) is 3.94. The van der Waals surface area contributed by atoms with E-state index in [-0.39, 0.29) is 17.4 Å². The number of aryl methyl sites for hydroxylation is 2. The number of rotatable bonds is 3. The monoisotopic (exact) mass is 420 g/mol. The van der Waals surface area contributed by atoms with Crippen molar-refractivity contribution in [2.45, 2.75) is 25.2 Å². The highest BCUT2D eigenvalue weighted by Crippen LogP contribution is 2.62. The molecule has 2 bridgehead atoms. The maximum Gasteiger partial charge on any atom is 0.120 e. The van der Waals surface area contributed by atoms with Crippen molar-refractivity contribution in [1.82, 2.24) is 0 Å². The zero-order chi connectivity index (χ0) is 22.0. The molecule has 3 nitrogen and oxygen atoms in total. The molecule has 4 aromatic carbocycles. The first kappa shape index (κ1) is 19.0. The minimum atomic E-state index is -0.724. The van der Waals surface area contributed by atoms with Gasteiger partial charge in [-0.3, -0.25) is 0 Å². The van der Waals surface area contributed by atoms with Crippen molar-refractivity contribution >= 4 is 0 Å². The third-order valence-corrected chi connectivity index (χ3v) is 7.03. The molecule has 3 aliphatic rings. The van der Waals surface area contributed by atoms with Gasteiger partial charge in [0.1, 0.15) is 23.9 Å². The molecule has 0 aliphatic heterocycles. The molecule has 3 heteroatoms. The molecule has 0 saturated heterocycles. The van der Waals surface area contributed by atoms with Gasteiger partial charge >= 0.3 is 0 Å². The molecule has 7 rings (SSSR count). The lowest BCUT2D eigenvalue weighted by Crippen LogP contribution is -2.46. The summed E-state index contributed by atoms with van der Waals surface area (Å²) in [5, 5.41) is 22.1. The number of hydrogen-bond donors (Lipinski definition) is 2. The Bertz CT molecular complexity index is 1320. The van der Waals surface area contributed by atoms with E-state index in [2.05, 4.69) is 44.2 Å². The van der Waals surface area contributed by atoms with Crippen molar-refractivity contribution in [3.05, 3.63) is 123 Å². The van der Waals surface area contributed by atoms with Crippen LogP contribution in [0.1, 0.15) is 50.4 Å². The summed E-state index contributed by atoms with van der Waals surface area (Å²) in [6, 6.07) is 26.1. The van der Waals surface area contributed by atoms with E-state index in [1.165, 1.54) is 0 Å². The van der Waals surface area contributed by atoms with Gasteiger partial charge in [0.15, 0.2) is 0 Å². The maximum absolute atomic E-state index is 11.1. The average Bonchev–Trinajstić information content (AvgIpc) is 2.79. The van der Waals surface area contributed by atoms with Crippen LogP contribution in [-0.4, -0.2) is 16.8 Å². The average molecular weight is 421 g/mol. The molecule has 3 aliphatic carbocycles. The summed E-state index contributed by atoms with van der Waals surface area (Å²) in [5.41, 5.74) is 7.67. The molecular formula is C29H24O3. The van der Waals surface area contributed by atoms with Crippen LogP contribution in [0.5, 0.6) is 17.2 Å². The van der Waals surface area contributed by atoms with Crippen LogP contribution in [0.4, 0.5) is 0 Å². The van der Waals surface area contributed by atoms with Gasteiger partial charge in [-0.1, -0.05) is 54.6 Å². The first-order chi connectivity index (χ1) is 15.5. The van der Waals surface area contributed by atoms with Gasteiger partial charge in [-0.05, 0) is 71.5 Å². The molecule has 0 heterocycles. The second kappa shape index (κ2) is 6.64. The lowest BCUT2D eigenvalue weighted by molar-refractivity contribution is 0.251. The fourth-order valence-electron chi connectivity index (χ4n) is 5.94. The molecular weight excluding hydrogens is 396 g/mol. The Morgan fingerprint density at radius 3 is 1.94 bits per heavy atom. The molecule has 2 N–H and O–H groups in total. The van der Waals surface area contributed by atoms with E-state index in [1.54, 1.807) is 12.1 Å². The predicted molar refractivity (Wildman–Crippen MR) is 125 cm³/mol. The number of ether oxygens (including phenoxy) is 1. The van der Waals surface area contributed by atoms with E-state index >= 15 is 0 Å². The number of phenols is 2. The fourth-order valence-corrected chi connectivity index (χ4v) is 5.94. The van der Waals surface area contributed by atoms with Crippen LogP contribution in [0.3, 0.4) is 0 Å². The normalized spacial score (nSPS) is 19.8. The zero-order valence-electron chi connectivity index (χ0n) is 18.1. The first-order valence-corrected chi connectivity index (χ1v) is 11.0. The van der Waals surface area contributed by atoms with Crippen molar-refractivity contribution in [2.75, 3.05) is 6.61 Å². The molecule has 32 heavy (non-hydrogen) atoms. The largest absolute Gasteiger partial charge is 0.508 e. The van der Waals surface area contributed by atoms with Crippen LogP contribution in [0.15, 0.2) is 78.9 Å². The Morgan fingerprint density at radius 2 is 1.31 bits per heavy atom. The molecule has 0 spiro atoms. The van der Waals surface area contributed by atoms with Crippen LogP contribution in [0.25, 0.3) is 0 Å². The van der Waals surface area contributed by atoms with Crippen LogP contribution in [-0.2, 0) is 5.41 Å². The second-order valence-corrected chi connectivity index (χ2v) is 9.02. The minimum absolute atomic E-state index is 0.118. The Hall–Kier alpha value is -3.72. The Balaban J connectivity index is 1.65. The summed E-state index contributed by atoms with van der Waals surface area (Å²) in [6.45, 7) is 4.45. The van der Waals surface area contributed by atoms with Crippen LogP contribution in [0.2, 0.25) is 0 Å². The molecule has 0 aromatic heterocycles. The van der Waals surface area contributed by atoms with Crippen molar-refractivity contribution < 1.29 is 14.9 Å². The highest BCUT2D eigenvalue weighted by atomic mass is 16.5. The van der Waals surface area contributed by atoms with Gasteiger partial charge in [0.25, 0.3) is 0 Å². The van der Waals surface area contributed by atoms with E-state index < -0.39 is 5.41 Å². The van der Waals surface area contributed by atoms with Crippen molar-refractivity contribution in [2.24, 2.45) is 0 Å². The number of aromatic hydroxyl groups is 2. The summed E-state index contributed by atoms with van der Waals surface area (Å²) < 4.78 is 6.50. The summed E-state index contributed by atoms with van der Waals surface area (Å²) in [7, 11) is 0. The Morgan fingerprint density at radius 1 is 0.750 bits per heavy atom. The van der Waals surface area contributed by atoms with Gasteiger partial charge in [0, 0.05) is 17.0 Å². The van der Waals surface area contributed by atoms with Crippen molar-refractivity contribution in [3.8, 4) is 17.2 Å². The molecule has 0 saturated carbocycles. The Labute approximate surface area is 187 Å². The van der Waals surface area contributed by atoms with E-state index in [0.29, 0.717) is 6.61 Å². The molecule has 0 atom stereocenters. The maximum atomic E-state index is 11.1. The summed E-state index contributed by atoms with van der Waals surface area (Å²) in [6.07, 6.45) is 0. The summed E-state index contributed by atoms with van der Waals surface area (Å²) in [5.74, 6) is 1.09. The highest BCUT2D eigenvalue weighted by Gasteiger charge is 2.54. The minimum Gasteiger partial charge on any atom is -0.508 e. The van der Waals surface area contributed by atoms with E-state index in [0.717, 1.165) is 50.3 Å². The summed E-state index contributed by atoms with van der Waals surface area (Å²) >= 11 is 0. The predicted octanol–water partition coefficient (Wildman–Crippen LogP) is 5.94. The van der Waals surface area contributed by atoms with Gasteiger partial charge in [-0.2, -0.15) is 0 Å². The third-order valence-electron chi connectivity index (χ3n) is 7.03. The molecule has 0 fully saturated rings. The van der Waals surface area contributed by atoms with Crippen LogP contribution < -0.4 is 4.74 Å². The fraction of sp³-hybridized carbons (Fsp3) is 0.172. The van der Waals surface area contributed by atoms with Crippen LogP contribution >= 0.6 is 0 Å². The second-order valence-electron chi connectivity index (χ2n) is 9.02. The number of benzene rings is 4. The third kappa shape index (κ3) is 2.42.